The van der Waals surface area contributed by atoms with Crippen LogP contribution in [0.1, 0.15) is 20.3 Å². The summed E-state index contributed by atoms with van der Waals surface area (Å²) in [6, 6.07) is 0. The highest BCUT2D eigenvalue weighted by atomic mass is 32.2. The summed E-state index contributed by atoms with van der Waals surface area (Å²) in [4.78, 5) is 4.77. The predicted octanol–water partition coefficient (Wildman–Crippen LogP) is 0.338. The van der Waals surface area contributed by atoms with Crippen LogP contribution in [-0.4, -0.2) is 33.5 Å². The van der Waals surface area contributed by atoms with E-state index in [1.165, 1.54) is 6.21 Å². The van der Waals surface area contributed by atoms with Crippen LogP contribution in [0.3, 0.4) is 0 Å². The lowest BCUT2D eigenvalue weighted by Gasteiger charge is -2.02. The molecule has 78 valence electrons. The largest absolute Gasteiger partial charge is 0.396 e. The van der Waals surface area contributed by atoms with Crippen molar-refractivity contribution in [2.75, 3.05) is 18.9 Å². The van der Waals surface area contributed by atoms with Gasteiger partial charge in [-0.1, -0.05) is 5.16 Å². The van der Waals surface area contributed by atoms with Crippen molar-refractivity contribution < 1.29 is 13.3 Å². The van der Waals surface area contributed by atoms with Gasteiger partial charge in [-0.15, -0.1) is 0 Å². The molecule has 0 aliphatic heterocycles. The maximum absolute atomic E-state index is 10.9. The van der Waals surface area contributed by atoms with Crippen molar-refractivity contribution in [3.63, 3.8) is 0 Å². The molecular weight excluding hydrogens is 192 g/mol. The molecule has 0 aromatic heterocycles. The molecule has 5 nitrogen and oxygen atoms in total. The molecule has 0 aromatic rings. The van der Waals surface area contributed by atoms with Gasteiger partial charge in [0, 0.05) is 12.8 Å². The number of hydrogen-bond donors (Lipinski definition) is 1. The molecule has 0 aliphatic carbocycles. The SMILES string of the molecule is C/C=N\OCCCNS(=O)(=O)CC. The van der Waals surface area contributed by atoms with E-state index in [0.29, 0.717) is 19.6 Å². The van der Waals surface area contributed by atoms with Crippen molar-refractivity contribution in [3.05, 3.63) is 0 Å². The normalized spacial score (nSPS) is 12.2. The molecule has 0 spiro atoms. The van der Waals surface area contributed by atoms with Crippen molar-refractivity contribution >= 4 is 16.2 Å². The first-order chi connectivity index (χ1) is 6.12. The van der Waals surface area contributed by atoms with E-state index in [-0.39, 0.29) is 5.75 Å². The molecule has 0 aromatic carbocycles. The van der Waals surface area contributed by atoms with Crippen molar-refractivity contribution in [2.24, 2.45) is 5.16 Å². The zero-order valence-electron chi connectivity index (χ0n) is 7.99. The van der Waals surface area contributed by atoms with Gasteiger partial charge in [0.05, 0.1) is 5.75 Å². The molecule has 0 heterocycles. The molecule has 0 bridgehead atoms. The summed E-state index contributed by atoms with van der Waals surface area (Å²) in [5, 5.41) is 3.52. The van der Waals surface area contributed by atoms with Crippen LogP contribution in [0.25, 0.3) is 0 Å². The van der Waals surface area contributed by atoms with Gasteiger partial charge in [-0.3, -0.25) is 0 Å². The third-order valence-electron chi connectivity index (χ3n) is 1.29. The van der Waals surface area contributed by atoms with Gasteiger partial charge >= 0.3 is 0 Å². The molecule has 13 heavy (non-hydrogen) atoms. The van der Waals surface area contributed by atoms with Crippen molar-refractivity contribution in [1.82, 2.24) is 4.72 Å². The summed E-state index contributed by atoms with van der Waals surface area (Å²) < 4.78 is 24.2. The van der Waals surface area contributed by atoms with Gasteiger partial charge in [0.1, 0.15) is 6.61 Å². The molecule has 0 unspecified atom stereocenters. The van der Waals surface area contributed by atoms with Crippen LogP contribution in [0.5, 0.6) is 0 Å². The van der Waals surface area contributed by atoms with Gasteiger partial charge in [0.15, 0.2) is 0 Å². The Bertz CT molecular complexity index is 236. The van der Waals surface area contributed by atoms with Crippen LogP contribution in [0.2, 0.25) is 0 Å². The highest BCUT2D eigenvalue weighted by Gasteiger charge is 2.03. The molecule has 0 saturated heterocycles. The van der Waals surface area contributed by atoms with E-state index in [9.17, 15) is 8.42 Å². The first-order valence-corrected chi connectivity index (χ1v) is 5.85. The minimum Gasteiger partial charge on any atom is -0.396 e. The van der Waals surface area contributed by atoms with Crippen LogP contribution in [0, 0.1) is 0 Å². The Labute approximate surface area is 79.2 Å². The van der Waals surface area contributed by atoms with Gasteiger partial charge in [0.25, 0.3) is 0 Å². The number of oxime groups is 1. The van der Waals surface area contributed by atoms with Gasteiger partial charge in [0.2, 0.25) is 10.0 Å². The molecule has 6 heteroatoms. The first kappa shape index (κ1) is 12.4. The molecule has 0 amide bonds. The van der Waals surface area contributed by atoms with E-state index >= 15 is 0 Å². The maximum atomic E-state index is 10.9. The number of rotatable bonds is 7. The van der Waals surface area contributed by atoms with E-state index in [1.807, 2.05) is 0 Å². The van der Waals surface area contributed by atoms with E-state index in [2.05, 4.69) is 9.88 Å². The summed E-state index contributed by atoms with van der Waals surface area (Å²) >= 11 is 0. The zero-order valence-corrected chi connectivity index (χ0v) is 8.80. The summed E-state index contributed by atoms with van der Waals surface area (Å²) in [7, 11) is -3.06. The summed E-state index contributed by atoms with van der Waals surface area (Å²) in [5.74, 6) is 0.112. The van der Waals surface area contributed by atoms with Crippen LogP contribution in [0.15, 0.2) is 5.16 Å². The molecule has 0 atom stereocenters. The lowest BCUT2D eigenvalue weighted by Crippen LogP contribution is -2.26. The minimum absolute atomic E-state index is 0.112. The van der Waals surface area contributed by atoms with Gasteiger partial charge in [-0.05, 0) is 20.3 Å². The molecule has 0 rings (SSSR count). The summed E-state index contributed by atoms with van der Waals surface area (Å²) in [6.07, 6.45) is 2.16. The average Bonchev–Trinajstić information content (AvgIpc) is 2.11. The van der Waals surface area contributed by atoms with E-state index in [0.717, 1.165) is 0 Å². The van der Waals surface area contributed by atoms with Crippen molar-refractivity contribution in [1.29, 1.82) is 0 Å². The molecular formula is C7H16N2O3S. The molecule has 0 radical (unpaired) electrons. The monoisotopic (exact) mass is 208 g/mol. The highest BCUT2D eigenvalue weighted by Crippen LogP contribution is 1.85. The fourth-order valence-electron chi connectivity index (χ4n) is 0.594. The fraction of sp³-hybridized carbons (Fsp3) is 0.857. The van der Waals surface area contributed by atoms with E-state index in [4.69, 9.17) is 4.84 Å². The Morgan fingerprint density at radius 3 is 2.77 bits per heavy atom. The number of hydrogen-bond acceptors (Lipinski definition) is 4. The number of nitrogens with one attached hydrogen (secondary N) is 1. The summed E-state index contributed by atoms with van der Waals surface area (Å²) in [6.45, 7) is 4.17. The minimum atomic E-state index is -3.06. The first-order valence-electron chi connectivity index (χ1n) is 4.19. The highest BCUT2D eigenvalue weighted by molar-refractivity contribution is 7.89. The van der Waals surface area contributed by atoms with Gasteiger partial charge in [-0.2, -0.15) is 0 Å². The lowest BCUT2D eigenvalue weighted by molar-refractivity contribution is 0.144. The second kappa shape index (κ2) is 6.85. The Morgan fingerprint density at radius 2 is 2.23 bits per heavy atom. The average molecular weight is 208 g/mol. The van der Waals surface area contributed by atoms with Crippen LogP contribution >= 0.6 is 0 Å². The standard InChI is InChI=1S/C7H16N2O3S/c1-3-8-12-7-5-6-9-13(10,11)4-2/h3,9H,4-7H2,1-2H3/b8-3-. The molecule has 0 saturated carbocycles. The van der Waals surface area contributed by atoms with Crippen molar-refractivity contribution in [3.8, 4) is 0 Å². The number of sulfonamides is 1. The maximum Gasteiger partial charge on any atom is 0.211 e. The van der Waals surface area contributed by atoms with Crippen LogP contribution in [0.4, 0.5) is 0 Å². The Morgan fingerprint density at radius 1 is 1.54 bits per heavy atom. The Balaban J connectivity index is 3.36. The fourth-order valence-corrected chi connectivity index (χ4v) is 1.25. The van der Waals surface area contributed by atoms with Crippen LogP contribution in [-0.2, 0) is 14.9 Å². The molecule has 1 N–H and O–H groups in total. The van der Waals surface area contributed by atoms with Crippen LogP contribution < -0.4 is 4.72 Å². The summed E-state index contributed by atoms with van der Waals surface area (Å²) in [5.41, 5.74) is 0. The number of nitrogens with zero attached hydrogens (tertiary/aromatic N) is 1. The quantitative estimate of drug-likeness (QED) is 0.372. The second-order valence-corrected chi connectivity index (χ2v) is 4.44. The second-order valence-electron chi connectivity index (χ2n) is 2.35. The molecule has 0 aliphatic rings. The van der Waals surface area contributed by atoms with E-state index in [1.54, 1.807) is 13.8 Å². The Kier molecular flexibility index (Phi) is 6.52. The van der Waals surface area contributed by atoms with Gasteiger partial charge in [-0.25, -0.2) is 13.1 Å². The lowest BCUT2D eigenvalue weighted by atomic mass is 10.5. The molecule has 0 fully saturated rings. The third kappa shape index (κ3) is 7.73. The smallest absolute Gasteiger partial charge is 0.211 e. The predicted molar refractivity (Wildman–Crippen MR) is 52.2 cm³/mol. The topological polar surface area (TPSA) is 67.8 Å². The van der Waals surface area contributed by atoms with E-state index < -0.39 is 10.0 Å². The third-order valence-corrected chi connectivity index (χ3v) is 2.70. The van der Waals surface area contributed by atoms with Crippen molar-refractivity contribution in [2.45, 2.75) is 20.3 Å². The Hall–Kier alpha value is -0.620. The van der Waals surface area contributed by atoms with Gasteiger partial charge < -0.3 is 4.84 Å². The zero-order chi connectivity index (χ0) is 10.2.